The lowest BCUT2D eigenvalue weighted by molar-refractivity contribution is 0.207. The lowest BCUT2D eigenvalue weighted by Gasteiger charge is -2.18. The van der Waals surface area contributed by atoms with Crippen molar-refractivity contribution >= 4 is 11.3 Å². The number of aliphatic hydroxyl groups is 1. The zero-order chi connectivity index (χ0) is 13.1. The number of thiazole rings is 1. The molecule has 0 bridgehead atoms. The van der Waals surface area contributed by atoms with Gasteiger partial charge in [-0.15, -0.1) is 11.3 Å². The van der Waals surface area contributed by atoms with Crippen LogP contribution in [0.3, 0.4) is 0 Å². The largest absolute Gasteiger partial charge is 0.396 e. The first-order valence-electron chi connectivity index (χ1n) is 6.13. The summed E-state index contributed by atoms with van der Waals surface area (Å²) in [5.74, 6) is 0.274. The van der Waals surface area contributed by atoms with Crippen LogP contribution in [0.25, 0.3) is 0 Å². The Morgan fingerprint density at radius 2 is 2.06 bits per heavy atom. The maximum atomic E-state index is 9.06. The van der Waals surface area contributed by atoms with E-state index in [9.17, 15) is 0 Å². The second-order valence-corrected chi connectivity index (χ2v) is 6.58. The quantitative estimate of drug-likeness (QED) is 0.851. The monoisotopic (exact) mass is 256 g/mol. The molecule has 0 aromatic carbocycles. The Morgan fingerprint density at radius 1 is 1.41 bits per heavy atom. The van der Waals surface area contributed by atoms with Crippen molar-refractivity contribution in [3.63, 3.8) is 0 Å². The average Bonchev–Trinajstić information content (AvgIpc) is 2.72. The van der Waals surface area contributed by atoms with Gasteiger partial charge in [-0.25, -0.2) is 4.98 Å². The number of hydrogen-bond acceptors (Lipinski definition) is 4. The zero-order valence-corrected chi connectivity index (χ0v) is 12.3. The van der Waals surface area contributed by atoms with Gasteiger partial charge in [0.2, 0.25) is 0 Å². The number of nitrogens with zero attached hydrogens (tertiary/aromatic N) is 1. The van der Waals surface area contributed by atoms with Crippen molar-refractivity contribution in [2.45, 2.75) is 52.6 Å². The molecule has 0 saturated heterocycles. The Labute approximate surface area is 108 Å². The molecule has 17 heavy (non-hydrogen) atoms. The predicted octanol–water partition coefficient (Wildman–Crippen LogP) is 2.55. The fraction of sp³-hybridized carbons (Fsp3) is 0.769. The van der Waals surface area contributed by atoms with Crippen LogP contribution in [0.1, 0.15) is 45.3 Å². The van der Waals surface area contributed by atoms with Crippen LogP contribution in [0.2, 0.25) is 0 Å². The SMILES string of the molecule is CC(CO)C(C)NCc1csc(C(C)(C)C)n1. The molecular weight excluding hydrogens is 232 g/mol. The van der Waals surface area contributed by atoms with Gasteiger partial charge < -0.3 is 10.4 Å². The number of hydrogen-bond donors (Lipinski definition) is 2. The van der Waals surface area contributed by atoms with Gasteiger partial charge in [-0.3, -0.25) is 0 Å². The lowest BCUT2D eigenvalue weighted by Crippen LogP contribution is -2.33. The van der Waals surface area contributed by atoms with E-state index in [2.05, 4.69) is 43.4 Å². The summed E-state index contributed by atoms with van der Waals surface area (Å²) in [6.45, 7) is 11.7. The molecule has 0 saturated carbocycles. The van der Waals surface area contributed by atoms with E-state index in [0.29, 0.717) is 6.04 Å². The van der Waals surface area contributed by atoms with Crippen LogP contribution in [0.5, 0.6) is 0 Å². The van der Waals surface area contributed by atoms with Crippen LogP contribution in [-0.4, -0.2) is 22.7 Å². The summed E-state index contributed by atoms with van der Waals surface area (Å²) in [6, 6.07) is 0.305. The van der Waals surface area contributed by atoms with Gasteiger partial charge in [-0.2, -0.15) is 0 Å². The zero-order valence-electron chi connectivity index (χ0n) is 11.4. The molecular formula is C13H24N2OS. The predicted molar refractivity (Wildman–Crippen MR) is 73.4 cm³/mol. The molecule has 0 aliphatic rings. The fourth-order valence-corrected chi connectivity index (χ4v) is 2.26. The van der Waals surface area contributed by atoms with Crippen LogP contribution < -0.4 is 5.32 Å². The Hall–Kier alpha value is -0.450. The first kappa shape index (κ1) is 14.6. The van der Waals surface area contributed by atoms with Crippen molar-refractivity contribution in [1.29, 1.82) is 0 Å². The standard InChI is InChI=1S/C13H24N2OS/c1-9(7-16)10(2)14-6-11-8-17-12(15-11)13(3,4)5/h8-10,14,16H,6-7H2,1-5H3. The highest BCUT2D eigenvalue weighted by Gasteiger charge is 2.18. The van der Waals surface area contributed by atoms with E-state index >= 15 is 0 Å². The third kappa shape index (κ3) is 4.37. The highest BCUT2D eigenvalue weighted by molar-refractivity contribution is 7.09. The van der Waals surface area contributed by atoms with Crippen LogP contribution in [-0.2, 0) is 12.0 Å². The second-order valence-electron chi connectivity index (χ2n) is 5.72. The van der Waals surface area contributed by atoms with Gasteiger partial charge in [-0.1, -0.05) is 27.7 Å². The molecule has 4 heteroatoms. The summed E-state index contributed by atoms with van der Waals surface area (Å²) in [5.41, 5.74) is 1.23. The number of aliphatic hydroxyl groups excluding tert-OH is 1. The van der Waals surface area contributed by atoms with Gasteiger partial charge in [0.05, 0.1) is 10.7 Å². The number of nitrogens with one attached hydrogen (secondary N) is 1. The second kappa shape index (κ2) is 5.94. The van der Waals surface area contributed by atoms with E-state index in [0.717, 1.165) is 12.2 Å². The summed E-state index contributed by atoms with van der Waals surface area (Å²) >= 11 is 1.72. The van der Waals surface area contributed by atoms with E-state index in [1.807, 2.05) is 6.92 Å². The summed E-state index contributed by atoms with van der Waals surface area (Å²) < 4.78 is 0. The smallest absolute Gasteiger partial charge is 0.0982 e. The van der Waals surface area contributed by atoms with E-state index < -0.39 is 0 Å². The summed E-state index contributed by atoms with van der Waals surface area (Å²) in [5, 5.41) is 15.8. The average molecular weight is 256 g/mol. The van der Waals surface area contributed by atoms with Crippen molar-refractivity contribution in [1.82, 2.24) is 10.3 Å². The first-order valence-corrected chi connectivity index (χ1v) is 7.01. The van der Waals surface area contributed by atoms with Crippen molar-refractivity contribution in [3.05, 3.63) is 16.1 Å². The van der Waals surface area contributed by atoms with E-state index in [-0.39, 0.29) is 17.9 Å². The minimum absolute atomic E-state index is 0.132. The van der Waals surface area contributed by atoms with Crippen molar-refractivity contribution in [3.8, 4) is 0 Å². The molecule has 0 aliphatic carbocycles. The molecule has 2 unspecified atom stereocenters. The highest BCUT2D eigenvalue weighted by Crippen LogP contribution is 2.25. The molecule has 0 fully saturated rings. The topological polar surface area (TPSA) is 45.1 Å². The van der Waals surface area contributed by atoms with E-state index in [4.69, 9.17) is 5.11 Å². The van der Waals surface area contributed by atoms with Gasteiger partial charge >= 0.3 is 0 Å². The first-order chi connectivity index (χ1) is 7.84. The van der Waals surface area contributed by atoms with Gasteiger partial charge in [0.1, 0.15) is 0 Å². The van der Waals surface area contributed by atoms with Crippen LogP contribution in [0, 0.1) is 5.92 Å². The molecule has 0 aliphatic heterocycles. The molecule has 1 aromatic rings. The molecule has 2 atom stereocenters. The van der Waals surface area contributed by atoms with Crippen LogP contribution >= 0.6 is 11.3 Å². The minimum atomic E-state index is 0.132. The van der Waals surface area contributed by atoms with Crippen molar-refractivity contribution < 1.29 is 5.11 Å². The van der Waals surface area contributed by atoms with E-state index in [1.54, 1.807) is 11.3 Å². The van der Waals surface area contributed by atoms with Gasteiger partial charge in [0.15, 0.2) is 0 Å². The molecule has 1 heterocycles. The molecule has 98 valence electrons. The van der Waals surface area contributed by atoms with Crippen LogP contribution in [0.15, 0.2) is 5.38 Å². The third-order valence-corrected chi connectivity index (χ3v) is 4.26. The molecule has 3 nitrogen and oxygen atoms in total. The lowest BCUT2D eigenvalue weighted by atomic mass is 9.98. The molecule has 0 radical (unpaired) electrons. The molecule has 0 spiro atoms. The Kier molecular flexibility index (Phi) is 5.10. The Morgan fingerprint density at radius 3 is 2.53 bits per heavy atom. The summed E-state index contributed by atoms with van der Waals surface area (Å²) in [6.07, 6.45) is 0. The summed E-state index contributed by atoms with van der Waals surface area (Å²) in [4.78, 5) is 4.63. The van der Waals surface area contributed by atoms with Gasteiger partial charge in [0, 0.05) is 30.0 Å². The van der Waals surface area contributed by atoms with Crippen molar-refractivity contribution in [2.24, 2.45) is 5.92 Å². The fourth-order valence-electron chi connectivity index (χ4n) is 1.36. The molecule has 0 amide bonds. The summed E-state index contributed by atoms with van der Waals surface area (Å²) in [7, 11) is 0. The van der Waals surface area contributed by atoms with Crippen molar-refractivity contribution in [2.75, 3.05) is 6.61 Å². The van der Waals surface area contributed by atoms with Crippen LogP contribution in [0.4, 0.5) is 0 Å². The minimum Gasteiger partial charge on any atom is -0.396 e. The maximum absolute atomic E-state index is 9.06. The normalized spacial score (nSPS) is 15.9. The third-order valence-electron chi connectivity index (χ3n) is 2.94. The Balaban J connectivity index is 2.51. The van der Waals surface area contributed by atoms with E-state index in [1.165, 1.54) is 5.01 Å². The molecule has 1 aromatic heterocycles. The highest BCUT2D eigenvalue weighted by atomic mass is 32.1. The van der Waals surface area contributed by atoms with Gasteiger partial charge in [-0.05, 0) is 12.8 Å². The number of aromatic nitrogens is 1. The molecule has 2 N–H and O–H groups in total. The number of rotatable bonds is 5. The van der Waals surface area contributed by atoms with Gasteiger partial charge in [0.25, 0.3) is 0 Å². The molecule has 1 rings (SSSR count). The Bertz CT molecular complexity index is 343. The maximum Gasteiger partial charge on any atom is 0.0982 e.